The Labute approximate surface area is 239 Å². The molecule has 0 heterocycles. The molecule has 0 aliphatic rings. The fraction of sp³-hybridized carbons (Fsp3) is 0. The summed E-state index contributed by atoms with van der Waals surface area (Å²) in [5.41, 5.74) is 0. The van der Waals surface area contributed by atoms with Crippen molar-refractivity contribution < 1.29 is 49.5 Å². The normalized spacial score (nSPS) is 12.5. The van der Waals surface area contributed by atoms with Gasteiger partial charge in [0.2, 0.25) is 0 Å². The molecular weight excluding hydrogens is 791 g/mol. The van der Waals surface area contributed by atoms with E-state index in [0.717, 1.165) is 0 Å². The predicted molar refractivity (Wildman–Crippen MR) is 138 cm³/mol. The molecule has 0 spiro atoms. The maximum atomic E-state index is 15.3. The molecule has 0 aliphatic carbocycles. The van der Waals surface area contributed by atoms with Crippen LogP contribution in [0.1, 0.15) is 0 Å². The van der Waals surface area contributed by atoms with Crippen molar-refractivity contribution in [2.75, 3.05) is 0 Å². The van der Waals surface area contributed by atoms with Gasteiger partial charge in [0, 0.05) is 0 Å². The molecule has 222 valence electrons. The molecule has 0 aliphatic heterocycles. The zero-order valence-corrected chi connectivity index (χ0v) is 24.7. The third kappa shape index (κ3) is 4.52. The Bertz CT molecular complexity index is 1600. The van der Waals surface area contributed by atoms with Gasteiger partial charge in [0.15, 0.2) is 0 Å². The summed E-state index contributed by atoms with van der Waals surface area (Å²) in [7, 11) is 0. The Morgan fingerprint density at radius 1 is 0.302 bits per heavy atom. The second kappa shape index (κ2) is 11.2. The first-order valence-corrected chi connectivity index (χ1v) is 20.1. The summed E-state index contributed by atoms with van der Waals surface area (Å²) in [4.78, 5) is 0. The molecule has 0 bridgehead atoms. The number of halogens is 10. The predicted octanol–water partition coefficient (Wildman–Crippen LogP) is 6.65. The van der Waals surface area contributed by atoms with Crippen molar-refractivity contribution in [3.63, 3.8) is 0 Å². The third-order valence-electron chi connectivity index (χ3n) is 6.55. The van der Waals surface area contributed by atoms with Gasteiger partial charge in [-0.05, 0) is 0 Å². The van der Waals surface area contributed by atoms with E-state index in [1.807, 2.05) is 0 Å². The molecule has 0 unspecified atom stereocenters. The van der Waals surface area contributed by atoms with E-state index in [1.54, 1.807) is 0 Å². The molecule has 13 heteroatoms. The molecule has 0 aromatic heterocycles. The molecular formula is C30H15BiF10O2. The zero-order valence-electron chi connectivity index (χ0n) is 21.2. The summed E-state index contributed by atoms with van der Waals surface area (Å²) in [6, 6.07) is 19.6. The van der Waals surface area contributed by atoms with Gasteiger partial charge in [-0.3, -0.25) is 0 Å². The van der Waals surface area contributed by atoms with Crippen molar-refractivity contribution in [2.45, 2.75) is 0 Å². The molecule has 0 atom stereocenters. The van der Waals surface area contributed by atoms with E-state index in [9.17, 15) is 26.3 Å². The van der Waals surface area contributed by atoms with Crippen LogP contribution in [0.5, 0.6) is 11.5 Å². The van der Waals surface area contributed by atoms with Gasteiger partial charge in [0.1, 0.15) is 0 Å². The second-order valence-corrected chi connectivity index (χ2v) is 23.8. The minimum absolute atomic E-state index is 0.237. The summed E-state index contributed by atoms with van der Waals surface area (Å²) in [5.74, 6) is -28.4. The standard InChI is InChI=1S/2C6HF5O.3C6H5.Bi/c2*7-1-2(8)4(10)6(12)5(11)3(1)9;3*1-2-4-6-5-3-1;/h2*12H;3*1-5H;/q;;;;;+2/p-2. The quantitative estimate of drug-likeness (QED) is 0.0795. The van der Waals surface area contributed by atoms with Gasteiger partial charge < -0.3 is 0 Å². The van der Waals surface area contributed by atoms with Crippen molar-refractivity contribution in [3.8, 4) is 11.5 Å². The number of rotatable bonds is 7. The van der Waals surface area contributed by atoms with E-state index in [4.69, 9.17) is 5.63 Å². The van der Waals surface area contributed by atoms with E-state index in [0.29, 0.717) is 0 Å². The van der Waals surface area contributed by atoms with Gasteiger partial charge in [0.25, 0.3) is 0 Å². The summed E-state index contributed by atoms with van der Waals surface area (Å²) in [6.45, 7) is 0. The fourth-order valence-electron chi connectivity index (χ4n) is 4.56. The molecule has 5 aromatic carbocycles. The van der Waals surface area contributed by atoms with E-state index < -0.39 is 89.3 Å². The second-order valence-electron chi connectivity index (χ2n) is 8.94. The third-order valence-corrected chi connectivity index (χ3v) is 25.1. The van der Waals surface area contributed by atoms with Crippen molar-refractivity contribution in [2.24, 2.45) is 0 Å². The zero-order chi connectivity index (χ0) is 31.1. The van der Waals surface area contributed by atoms with Crippen LogP contribution in [-0.2, 0) is 0 Å². The molecule has 5 rings (SSSR count). The van der Waals surface area contributed by atoms with Crippen LogP contribution in [0.25, 0.3) is 0 Å². The molecule has 0 saturated heterocycles. The van der Waals surface area contributed by atoms with E-state index in [-0.39, 0.29) is 9.81 Å². The van der Waals surface area contributed by atoms with Crippen LogP contribution in [0.2, 0.25) is 0 Å². The van der Waals surface area contributed by atoms with Crippen molar-refractivity contribution in [3.05, 3.63) is 149 Å². The van der Waals surface area contributed by atoms with Crippen molar-refractivity contribution >= 4 is 29.5 Å². The van der Waals surface area contributed by atoms with Gasteiger partial charge in [0.05, 0.1) is 0 Å². The Hall–Kier alpha value is -4.12. The first kappa shape index (κ1) is 30.3. The number of hydrogen-bond acceptors (Lipinski definition) is 2. The number of benzene rings is 5. The Kier molecular flexibility index (Phi) is 7.89. The molecule has 0 radical (unpaired) electrons. The first-order chi connectivity index (χ1) is 20.4. The fourth-order valence-corrected chi connectivity index (χ4v) is 22.9. The Balaban J connectivity index is 2.07. The van der Waals surface area contributed by atoms with Crippen molar-refractivity contribution in [1.82, 2.24) is 0 Å². The Morgan fingerprint density at radius 3 is 0.744 bits per heavy atom. The van der Waals surface area contributed by atoms with Crippen LogP contribution < -0.4 is 15.4 Å². The molecule has 43 heavy (non-hydrogen) atoms. The summed E-state index contributed by atoms with van der Waals surface area (Å²) in [6.07, 6.45) is 0. The van der Waals surface area contributed by atoms with Crippen LogP contribution >= 0.6 is 0 Å². The molecule has 0 fully saturated rings. The summed E-state index contributed by atoms with van der Waals surface area (Å²) < 4.78 is 159. The van der Waals surface area contributed by atoms with Gasteiger partial charge in [-0.1, -0.05) is 0 Å². The van der Waals surface area contributed by atoms with Crippen LogP contribution in [0.3, 0.4) is 0 Å². The van der Waals surface area contributed by atoms with Gasteiger partial charge in [-0.15, -0.1) is 0 Å². The summed E-state index contributed by atoms with van der Waals surface area (Å²) >= 11 is -7.59. The maximum absolute atomic E-state index is 15.3. The molecule has 5 aromatic rings. The van der Waals surface area contributed by atoms with E-state index in [2.05, 4.69) is 0 Å². The molecule has 0 amide bonds. The minimum atomic E-state index is -7.59. The summed E-state index contributed by atoms with van der Waals surface area (Å²) in [5, 5.41) is 0. The SMILES string of the molecule is Fc1c(F)c(F)c([O][Bi]([O]c2c(F)c(F)c(F)c(F)c2F)([c]2ccccc2)([c]2ccccc2)[c]2ccccc2)c(F)c1F. The topological polar surface area (TPSA) is 18.5 Å². The molecule has 0 N–H and O–H groups in total. The van der Waals surface area contributed by atoms with Crippen LogP contribution in [0.15, 0.2) is 91.0 Å². The average Bonchev–Trinajstić information content (AvgIpc) is 3.05. The van der Waals surface area contributed by atoms with Crippen LogP contribution in [0.4, 0.5) is 43.9 Å². The molecule has 2 nitrogen and oxygen atoms in total. The number of hydrogen-bond donors (Lipinski definition) is 0. The van der Waals surface area contributed by atoms with Gasteiger partial charge in [-0.2, -0.15) is 0 Å². The molecule has 0 saturated carbocycles. The first-order valence-electron chi connectivity index (χ1n) is 12.1. The van der Waals surface area contributed by atoms with Gasteiger partial charge >= 0.3 is 240 Å². The Morgan fingerprint density at radius 2 is 0.512 bits per heavy atom. The van der Waals surface area contributed by atoms with Crippen LogP contribution in [-0.4, -0.2) is 19.7 Å². The monoisotopic (exact) mass is 806 g/mol. The van der Waals surface area contributed by atoms with Gasteiger partial charge in [-0.25, -0.2) is 0 Å². The average molecular weight is 806 g/mol. The van der Waals surface area contributed by atoms with Crippen molar-refractivity contribution in [1.29, 1.82) is 0 Å². The van der Waals surface area contributed by atoms with E-state index in [1.165, 1.54) is 91.0 Å². The van der Waals surface area contributed by atoms with Crippen LogP contribution in [0, 0.1) is 58.2 Å². The van der Waals surface area contributed by atoms with E-state index >= 15 is 17.6 Å².